The molecule has 0 radical (unpaired) electrons. The van der Waals surface area contributed by atoms with Crippen LogP contribution in [0.5, 0.6) is 0 Å². The number of nitrogens with zero attached hydrogens (tertiary/aromatic N) is 5. The number of anilines is 3. The number of aliphatic hydroxyl groups excluding tert-OH is 1. The number of hydrogen-bond donors (Lipinski definition) is 3. The van der Waals surface area contributed by atoms with Gasteiger partial charge in [0.05, 0.1) is 31.6 Å². The first-order chi connectivity index (χ1) is 19.5. The van der Waals surface area contributed by atoms with E-state index < -0.39 is 29.7 Å². The van der Waals surface area contributed by atoms with Gasteiger partial charge in [0.2, 0.25) is 0 Å². The third-order valence-corrected chi connectivity index (χ3v) is 7.28. The number of hydrogen-bond acceptors (Lipinski definition) is 9. The van der Waals surface area contributed by atoms with Crippen LogP contribution in [-0.4, -0.2) is 74.3 Å². The van der Waals surface area contributed by atoms with Crippen LogP contribution in [0.15, 0.2) is 35.4 Å². The highest BCUT2D eigenvalue weighted by molar-refractivity contribution is 6.00. The van der Waals surface area contributed by atoms with E-state index in [4.69, 9.17) is 9.47 Å². The highest BCUT2D eigenvalue weighted by atomic mass is 16.6. The van der Waals surface area contributed by atoms with Crippen LogP contribution in [0.2, 0.25) is 0 Å². The van der Waals surface area contributed by atoms with E-state index in [9.17, 15) is 19.5 Å². The van der Waals surface area contributed by atoms with Crippen molar-refractivity contribution in [2.45, 2.75) is 76.7 Å². The topological polar surface area (TPSA) is 152 Å². The van der Waals surface area contributed by atoms with Crippen LogP contribution in [-0.2, 0) is 9.47 Å². The Morgan fingerprint density at radius 3 is 2.63 bits per heavy atom. The van der Waals surface area contributed by atoms with Gasteiger partial charge in [0.1, 0.15) is 28.5 Å². The summed E-state index contributed by atoms with van der Waals surface area (Å²) in [5, 5.41) is 20.3. The SMILES string of the molecule is CN(C(=O)OC(C)(C)C)c1cc(Nc2cccn(C3CCCCC3)c2=O)nc2c(C(=O)N[C@H]3COC[C@H]3O)cnn12. The monoisotopic (exact) mass is 567 g/mol. The lowest BCUT2D eigenvalue weighted by Crippen LogP contribution is -2.42. The van der Waals surface area contributed by atoms with E-state index in [0.717, 1.165) is 25.7 Å². The molecule has 2 amide bonds. The lowest BCUT2D eigenvalue weighted by molar-refractivity contribution is 0.0587. The molecule has 1 saturated heterocycles. The number of ether oxygens (including phenoxy) is 2. The van der Waals surface area contributed by atoms with E-state index in [1.54, 1.807) is 37.5 Å². The van der Waals surface area contributed by atoms with Crippen LogP contribution >= 0.6 is 0 Å². The largest absolute Gasteiger partial charge is 0.443 e. The molecule has 4 heterocycles. The fourth-order valence-corrected chi connectivity index (χ4v) is 5.15. The van der Waals surface area contributed by atoms with Crippen molar-refractivity contribution in [2.24, 2.45) is 0 Å². The molecule has 0 aromatic carbocycles. The molecule has 0 spiro atoms. The molecule has 13 nitrogen and oxygen atoms in total. The van der Waals surface area contributed by atoms with Gasteiger partial charge in [0.25, 0.3) is 11.5 Å². The summed E-state index contributed by atoms with van der Waals surface area (Å²) in [5.74, 6) is -0.0109. The summed E-state index contributed by atoms with van der Waals surface area (Å²) in [5.41, 5.74) is -0.330. The van der Waals surface area contributed by atoms with Gasteiger partial charge in [0.15, 0.2) is 5.65 Å². The standard InChI is InChI=1S/C28H37N7O6/c1-28(2,3)41-27(39)33(4)23-13-22(30-19-11-8-12-34(26(19)38)17-9-6-5-7-10-17)32-24-18(14-29-35(23)24)25(37)31-20-15-40-16-21(20)36/h8,11-14,17,20-21,36H,5-7,9-10,15-16H2,1-4H3,(H,30,32)(H,31,37)/t20-,21+/m0/s1. The molecule has 3 aromatic rings. The van der Waals surface area contributed by atoms with E-state index in [1.165, 1.54) is 29.1 Å². The Bertz CT molecular complexity index is 1490. The van der Waals surface area contributed by atoms with Gasteiger partial charge in [-0.05, 0) is 45.7 Å². The minimum Gasteiger partial charge on any atom is -0.443 e. The normalized spacial score (nSPS) is 19.7. The second kappa shape index (κ2) is 11.5. The number of aromatic nitrogens is 4. The van der Waals surface area contributed by atoms with Crippen molar-refractivity contribution < 1.29 is 24.2 Å². The summed E-state index contributed by atoms with van der Waals surface area (Å²) in [6.07, 6.45) is 6.94. The minimum absolute atomic E-state index is 0.124. The second-order valence-corrected chi connectivity index (χ2v) is 11.6. The van der Waals surface area contributed by atoms with Crippen molar-refractivity contribution in [3.8, 4) is 0 Å². The number of aliphatic hydroxyl groups is 1. The second-order valence-electron chi connectivity index (χ2n) is 11.6. The molecule has 220 valence electrons. The van der Waals surface area contributed by atoms with E-state index >= 15 is 0 Å². The zero-order valence-corrected chi connectivity index (χ0v) is 23.8. The van der Waals surface area contributed by atoms with Crippen molar-refractivity contribution in [3.63, 3.8) is 0 Å². The van der Waals surface area contributed by atoms with E-state index in [2.05, 4.69) is 20.7 Å². The van der Waals surface area contributed by atoms with Crippen LogP contribution in [0.3, 0.4) is 0 Å². The third kappa shape index (κ3) is 6.20. The third-order valence-electron chi connectivity index (χ3n) is 7.28. The molecule has 3 N–H and O–H groups in total. The average molecular weight is 568 g/mol. The van der Waals surface area contributed by atoms with Crippen LogP contribution in [0.4, 0.5) is 22.1 Å². The van der Waals surface area contributed by atoms with Crippen molar-refractivity contribution in [2.75, 3.05) is 30.5 Å². The summed E-state index contributed by atoms with van der Waals surface area (Å²) < 4.78 is 13.9. The first-order valence-corrected chi connectivity index (χ1v) is 13.9. The van der Waals surface area contributed by atoms with Crippen molar-refractivity contribution >= 4 is 35.0 Å². The molecule has 5 rings (SSSR count). The van der Waals surface area contributed by atoms with Crippen LogP contribution in [0, 0.1) is 0 Å². The number of carbonyl (C=O) groups is 2. The first kappa shape index (κ1) is 28.6. The lowest BCUT2D eigenvalue weighted by Gasteiger charge is -2.25. The van der Waals surface area contributed by atoms with Gasteiger partial charge in [-0.15, -0.1) is 0 Å². The Morgan fingerprint density at radius 2 is 1.95 bits per heavy atom. The molecule has 0 bridgehead atoms. The molecule has 2 fully saturated rings. The molecule has 3 aromatic heterocycles. The van der Waals surface area contributed by atoms with Crippen LogP contribution in [0.25, 0.3) is 5.65 Å². The smallest absolute Gasteiger partial charge is 0.415 e. The Balaban J connectivity index is 1.53. The Morgan fingerprint density at radius 1 is 1.20 bits per heavy atom. The van der Waals surface area contributed by atoms with Gasteiger partial charge < -0.3 is 29.8 Å². The molecule has 1 aliphatic heterocycles. The number of fused-ring (bicyclic) bond motifs is 1. The average Bonchev–Trinajstić information content (AvgIpc) is 3.54. The lowest BCUT2D eigenvalue weighted by atomic mass is 9.95. The fraction of sp³-hybridized carbons (Fsp3) is 0.536. The molecule has 13 heteroatoms. The quantitative estimate of drug-likeness (QED) is 0.408. The fourth-order valence-electron chi connectivity index (χ4n) is 5.15. The van der Waals surface area contributed by atoms with Gasteiger partial charge in [-0.2, -0.15) is 9.61 Å². The summed E-state index contributed by atoms with van der Waals surface area (Å²) >= 11 is 0. The van der Waals surface area contributed by atoms with Crippen molar-refractivity contribution in [1.29, 1.82) is 0 Å². The number of pyridine rings is 1. The van der Waals surface area contributed by atoms with Crippen LogP contribution < -0.4 is 21.1 Å². The predicted octanol–water partition coefficient (Wildman–Crippen LogP) is 3.00. The number of nitrogens with one attached hydrogen (secondary N) is 2. The van der Waals surface area contributed by atoms with Crippen molar-refractivity contribution in [3.05, 3.63) is 46.5 Å². The van der Waals surface area contributed by atoms with E-state index in [0.29, 0.717) is 5.69 Å². The summed E-state index contributed by atoms with van der Waals surface area (Å²) in [6.45, 7) is 5.60. The summed E-state index contributed by atoms with van der Waals surface area (Å²) in [4.78, 5) is 45.5. The number of rotatable bonds is 6. The maximum absolute atomic E-state index is 13.4. The molecular weight excluding hydrogens is 530 g/mol. The number of carbonyl (C=O) groups excluding carboxylic acids is 2. The molecule has 41 heavy (non-hydrogen) atoms. The summed E-state index contributed by atoms with van der Waals surface area (Å²) in [7, 11) is 1.53. The Kier molecular flexibility index (Phi) is 8.00. The Hall–Kier alpha value is -3.97. The summed E-state index contributed by atoms with van der Waals surface area (Å²) in [6, 6.07) is 4.62. The van der Waals surface area contributed by atoms with Gasteiger partial charge in [-0.1, -0.05) is 19.3 Å². The zero-order chi connectivity index (χ0) is 29.3. The molecule has 2 aliphatic rings. The molecular formula is C28H37N7O6. The van der Waals surface area contributed by atoms with Gasteiger partial charge in [-0.25, -0.2) is 9.78 Å². The molecule has 1 saturated carbocycles. The highest BCUT2D eigenvalue weighted by Crippen LogP contribution is 2.28. The van der Waals surface area contributed by atoms with Crippen molar-refractivity contribution in [1.82, 2.24) is 24.5 Å². The number of amides is 2. The molecule has 0 unspecified atom stereocenters. The zero-order valence-electron chi connectivity index (χ0n) is 23.8. The molecule has 1 aliphatic carbocycles. The maximum atomic E-state index is 13.4. The van der Waals surface area contributed by atoms with E-state index in [1.807, 2.05) is 12.3 Å². The van der Waals surface area contributed by atoms with Crippen LogP contribution in [0.1, 0.15) is 69.3 Å². The Labute approximate surface area is 237 Å². The minimum atomic E-state index is -0.829. The van der Waals surface area contributed by atoms with Gasteiger partial charge in [0, 0.05) is 25.4 Å². The maximum Gasteiger partial charge on any atom is 0.415 e. The van der Waals surface area contributed by atoms with Gasteiger partial charge in [-0.3, -0.25) is 14.5 Å². The van der Waals surface area contributed by atoms with Gasteiger partial charge >= 0.3 is 6.09 Å². The van der Waals surface area contributed by atoms with E-state index in [-0.39, 0.29) is 47.7 Å². The molecule has 2 atom stereocenters. The predicted molar refractivity (Wildman–Crippen MR) is 152 cm³/mol. The first-order valence-electron chi connectivity index (χ1n) is 13.9. The highest BCUT2D eigenvalue weighted by Gasteiger charge is 2.30.